The van der Waals surface area contributed by atoms with Crippen molar-refractivity contribution in [1.29, 1.82) is 0 Å². The number of rotatable bonds is 4. The predicted octanol–water partition coefficient (Wildman–Crippen LogP) is 1.80. The second-order valence-electron chi connectivity index (χ2n) is 5.72. The van der Waals surface area contributed by atoms with E-state index in [1.807, 2.05) is 0 Å². The largest absolute Gasteiger partial charge is 0.496 e. The summed E-state index contributed by atoms with van der Waals surface area (Å²) in [4.78, 5) is 25.1. The van der Waals surface area contributed by atoms with Gasteiger partial charge in [0.1, 0.15) is 11.6 Å². The number of carbonyl (C=O) groups excluding carboxylic acids is 2. The lowest BCUT2D eigenvalue weighted by Crippen LogP contribution is -2.46. The number of likely N-dealkylation sites (tertiary alicyclic amines) is 1. The summed E-state index contributed by atoms with van der Waals surface area (Å²) in [6.45, 7) is 2.73. The highest BCUT2D eigenvalue weighted by atomic mass is 19.1. The van der Waals surface area contributed by atoms with Crippen LogP contribution in [0.25, 0.3) is 0 Å². The van der Waals surface area contributed by atoms with E-state index < -0.39 is 6.04 Å². The molecule has 1 heterocycles. The van der Waals surface area contributed by atoms with Gasteiger partial charge < -0.3 is 20.7 Å². The van der Waals surface area contributed by atoms with Gasteiger partial charge in [0.05, 0.1) is 13.2 Å². The van der Waals surface area contributed by atoms with Crippen molar-refractivity contribution in [3.8, 4) is 5.75 Å². The zero-order chi connectivity index (χ0) is 17.0. The van der Waals surface area contributed by atoms with E-state index in [1.165, 1.54) is 25.3 Å². The Morgan fingerprint density at radius 3 is 2.61 bits per heavy atom. The molecule has 0 radical (unpaired) electrons. The van der Waals surface area contributed by atoms with Crippen LogP contribution < -0.4 is 15.8 Å². The number of nitrogens with two attached hydrogens (primary N) is 1. The van der Waals surface area contributed by atoms with E-state index in [4.69, 9.17) is 10.5 Å². The highest BCUT2D eigenvalue weighted by molar-refractivity contribution is 5.78. The summed E-state index contributed by atoms with van der Waals surface area (Å²) in [5.41, 5.74) is 5.86. The van der Waals surface area contributed by atoms with Gasteiger partial charge >= 0.3 is 6.03 Å². The summed E-state index contributed by atoms with van der Waals surface area (Å²) in [5.74, 6) is -0.349. The number of piperidine rings is 1. The molecule has 0 saturated carbocycles. The highest BCUT2D eigenvalue weighted by Gasteiger charge is 2.27. The monoisotopic (exact) mass is 323 g/mol. The number of ether oxygens (including phenoxy) is 1. The molecule has 6 nitrogen and oxygen atoms in total. The van der Waals surface area contributed by atoms with Gasteiger partial charge in [-0.25, -0.2) is 9.18 Å². The molecular formula is C16H22FN3O3. The molecule has 1 atom stereocenters. The van der Waals surface area contributed by atoms with Gasteiger partial charge in [0, 0.05) is 24.6 Å². The van der Waals surface area contributed by atoms with Crippen LogP contribution in [0, 0.1) is 11.7 Å². The first-order chi connectivity index (χ1) is 10.9. The molecule has 1 saturated heterocycles. The van der Waals surface area contributed by atoms with Crippen molar-refractivity contribution in [2.75, 3.05) is 20.2 Å². The van der Waals surface area contributed by atoms with Gasteiger partial charge in [-0.2, -0.15) is 0 Å². The van der Waals surface area contributed by atoms with Crippen molar-refractivity contribution in [3.63, 3.8) is 0 Å². The van der Waals surface area contributed by atoms with Crippen molar-refractivity contribution >= 4 is 11.9 Å². The third-order valence-electron chi connectivity index (χ3n) is 4.18. The van der Waals surface area contributed by atoms with E-state index in [0.717, 1.165) is 0 Å². The molecule has 1 aliphatic heterocycles. The summed E-state index contributed by atoms with van der Waals surface area (Å²) in [6.07, 6.45) is 1.14. The Labute approximate surface area is 134 Å². The fraction of sp³-hybridized carbons (Fsp3) is 0.500. The summed E-state index contributed by atoms with van der Waals surface area (Å²) in [6, 6.07) is 3.55. The standard InChI is InChI=1S/C16H22FN3O3/c1-10(13-9-12(17)3-4-14(13)23-2)19-16(22)20-7-5-11(6-8-20)15(18)21/h3-4,9-11H,5-8H2,1-2H3,(H2,18,21)(H,19,22)/t10-/m0/s1. The highest BCUT2D eigenvalue weighted by Crippen LogP contribution is 2.26. The third kappa shape index (κ3) is 4.12. The van der Waals surface area contributed by atoms with E-state index in [-0.39, 0.29) is 23.7 Å². The molecule has 7 heteroatoms. The maximum Gasteiger partial charge on any atom is 0.317 e. The molecule has 1 aliphatic rings. The lowest BCUT2D eigenvalue weighted by Gasteiger charge is -2.31. The van der Waals surface area contributed by atoms with E-state index in [1.54, 1.807) is 11.8 Å². The van der Waals surface area contributed by atoms with E-state index in [9.17, 15) is 14.0 Å². The maximum atomic E-state index is 13.4. The van der Waals surface area contributed by atoms with Gasteiger partial charge in [-0.1, -0.05) is 0 Å². The van der Waals surface area contributed by atoms with Gasteiger partial charge in [0.15, 0.2) is 0 Å². The van der Waals surface area contributed by atoms with Gasteiger partial charge in [-0.15, -0.1) is 0 Å². The van der Waals surface area contributed by atoms with Gasteiger partial charge in [-0.05, 0) is 38.0 Å². The van der Waals surface area contributed by atoms with Crippen LogP contribution in [0.1, 0.15) is 31.4 Å². The van der Waals surface area contributed by atoms with E-state index >= 15 is 0 Å². The number of nitrogens with zero attached hydrogens (tertiary/aromatic N) is 1. The SMILES string of the molecule is COc1ccc(F)cc1[C@H](C)NC(=O)N1CCC(C(N)=O)CC1. The molecule has 1 aromatic carbocycles. The Morgan fingerprint density at radius 2 is 2.04 bits per heavy atom. The van der Waals surface area contributed by atoms with E-state index in [2.05, 4.69) is 5.32 Å². The van der Waals surface area contributed by atoms with Crippen molar-refractivity contribution in [3.05, 3.63) is 29.6 Å². The number of halogens is 1. The molecule has 0 unspecified atom stereocenters. The fourth-order valence-electron chi connectivity index (χ4n) is 2.76. The van der Waals surface area contributed by atoms with Gasteiger partial charge in [0.25, 0.3) is 0 Å². The summed E-state index contributed by atoms with van der Waals surface area (Å²) in [5, 5.41) is 2.84. The molecular weight excluding hydrogens is 301 g/mol. The lowest BCUT2D eigenvalue weighted by atomic mass is 9.96. The molecule has 3 amide bonds. The quantitative estimate of drug-likeness (QED) is 0.886. The summed E-state index contributed by atoms with van der Waals surface area (Å²) < 4.78 is 18.6. The van der Waals surface area contributed by atoms with Crippen molar-refractivity contribution < 1.29 is 18.7 Å². The topological polar surface area (TPSA) is 84.7 Å². The van der Waals surface area contributed by atoms with Crippen LogP contribution in [0.15, 0.2) is 18.2 Å². The first-order valence-electron chi connectivity index (χ1n) is 7.60. The molecule has 0 aliphatic carbocycles. The van der Waals surface area contributed by atoms with Crippen molar-refractivity contribution in [2.45, 2.75) is 25.8 Å². The molecule has 0 bridgehead atoms. The Kier molecular flexibility index (Phi) is 5.41. The van der Waals surface area contributed by atoms with Crippen LogP contribution >= 0.6 is 0 Å². The average Bonchev–Trinajstić information content (AvgIpc) is 2.54. The first kappa shape index (κ1) is 17.1. The zero-order valence-electron chi connectivity index (χ0n) is 13.3. The summed E-state index contributed by atoms with van der Waals surface area (Å²) >= 11 is 0. The zero-order valence-corrected chi connectivity index (χ0v) is 13.3. The van der Waals surface area contributed by atoms with Crippen LogP contribution in [0.5, 0.6) is 5.75 Å². The number of hydrogen-bond acceptors (Lipinski definition) is 3. The van der Waals surface area contributed by atoms with Crippen LogP contribution in [0.3, 0.4) is 0 Å². The molecule has 3 N–H and O–H groups in total. The Hall–Kier alpha value is -2.31. The second kappa shape index (κ2) is 7.30. The minimum absolute atomic E-state index is 0.167. The number of carbonyl (C=O) groups is 2. The average molecular weight is 323 g/mol. The third-order valence-corrected chi connectivity index (χ3v) is 4.18. The van der Waals surface area contributed by atoms with Gasteiger partial charge in [0.2, 0.25) is 5.91 Å². The number of primary amides is 1. The number of methoxy groups -OCH3 is 1. The van der Waals surface area contributed by atoms with Crippen LogP contribution in [0.2, 0.25) is 0 Å². The van der Waals surface area contributed by atoms with Crippen molar-refractivity contribution in [1.82, 2.24) is 10.2 Å². The Bertz CT molecular complexity index is 586. The minimum atomic E-state index is -0.401. The summed E-state index contributed by atoms with van der Waals surface area (Å²) in [7, 11) is 1.50. The minimum Gasteiger partial charge on any atom is -0.496 e. The van der Waals surface area contributed by atoms with E-state index in [0.29, 0.717) is 37.2 Å². The predicted molar refractivity (Wildman–Crippen MR) is 83.4 cm³/mol. The molecule has 126 valence electrons. The second-order valence-corrected chi connectivity index (χ2v) is 5.72. The Balaban J connectivity index is 1.98. The first-order valence-corrected chi connectivity index (χ1v) is 7.60. The molecule has 1 fully saturated rings. The number of urea groups is 1. The lowest BCUT2D eigenvalue weighted by molar-refractivity contribution is -0.123. The molecule has 2 rings (SSSR count). The van der Waals surface area contributed by atoms with Crippen molar-refractivity contribution in [2.24, 2.45) is 11.7 Å². The number of nitrogens with one attached hydrogen (secondary N) is 1. The van der Waals surface area contributed by atoms with Crippen LogP contribution in [-0.4, -0.2) is 37.0 Å². The Morgan fingerprint density at radius 1 is 1.39 bits per heavy atom. The fourth-order valence-corrected chi connectivity index (χ4v) is 2.76. The number of hydrogen-bond donors (Lipinski definition) is 2. The van der Waals surface area contributed by atoms with Crippen LogP contribution in [-0.2, 0) is 4.79 Å². The normalized spacial score (nSPS) is 16.7. The molecule has 23 heavy (non-hydrogen) atoms. The van der Waals surface area contributed by atoms with Crippen LogP contribution in [0.4, 0.5) is 9.18 Å². The number of amides is 3. The molecule has 1 aromatic rings. The van der Waals surface area contributed by atoms with Gasteiger partial charge in [-0.3, -0.25) is 4.79 Å². The maximum absolute atomic E-state index is 13.4. The molecule has 0 spiro atoms. The molecule has 0 aromatic heterocycles. The smallest absolute Gasteiger partial charge is 0.317 e. The number of benzene rings is 1.